The molecular formula is C11H9F3N4O. The average Bonchev–Trinajstić information content (AvgIpc) is 2.81. The van der Waals surface area contributed by atoms with Crippen LogP contribution in [0.15, 0.2) is 12.3 Å². The van der Waals surface area contributed by atoms with Gasteiger partial charge in [-0.05, 0) is 6.07 Å². The van der Waals surface area contributed by atoms with Crippen molar-refractivity contribution in [3.8, 4) is 6.07 Å². The second-order valence-electron chi connectivity index (χ2n) is 3.93. The molecule has 0 saturated heterocycles. The Hall–Kier alpha value is -2.35. The largest absolute Gasteiger partial charge is 0.389 e. The lowest BCUT2D eigenvalue weighted by atomic mass is 9.96. The highest BCUT2D eigenvalue weighted by Crippen LogP contribution is 2.28. The monoisotopic (exact) mass is 270 g/mol. The van der Waals surface area contributed by atoms with E-state index >= 15 is 0 Å². The molecule has 0 bridgehead atoms. The van der Waals surface area contributed by atoms with Gasteiger partial charge in [0.05, 0.1) is 12.8 Å². The summed E-state index contributed by atoms with van der Waals surface area (Å²) in [6.45, 7) is 6.63. The van der Waals surface area contributed by atoms with Crippen LogP contribution in [-0.2, 0) is 6.54 Å². The van der Waals surface area contributed by atoms with E-state index in [9.17, 15) is 18.0 Å². The first-order chi connectivity index (χ1) is 8.84. The molecule has 8 heteroatoms. The van der Waals surface area contributed by atoms with Crippen LogP contribution in [0.4, 0.5) is 13.2 Å². The number of halogens is 3. The van der Waals surface area contributed by atoms with Crippen LogP contribution in [-0.4, -0.2) is 27.8 Å². The van der Waals surface area contributed by atoms with Crippen LogP contribution in [0.2, 0.25) is 0 Å². The van der Waals surface area contributed by atoms with Crippen molar-refractivity contribution in [3.63, 3.8) is 0 Å². The zero-order valence-corrected chi connectivity index (χ0v) is 9.68. The molecule has 1 rings (SSSR count). The number of carbonyl (C=O) groups excluding carboxylic acids is 1. The van der Waals surface area contributed by atoms with Gasteiger partial charge >= 0.3 is 11.7 Å². The van der Waals surface area contributed by atoms with Gasteiger partial charge in [0.2, 0.25) is 0 Å². The average molecular weight is 270 g/mol. The Bertz CT molecular complexity index is 521. The minimum atomic E-state index is -4.43. The van der Waals surface area contributed by atoms with Crippen LogP contribution in [0.5, 0.6) is 0 Å². The van der Waals surface area contributed by atoms with Crippen LogP contribution in [0.1, 0.15) is 23.3 Å². The van der Waals surface area contributed by atoms with Crippen LogP contribution in [0.3, 0.4) is 0 Å². The highest BCUT2D eigenvalue weighted by molar-refractivity contribution is 5.71. The van der Waals surface area contributed by atoms with E-state index in [4.69, 9.17) is 11.8 Å². The topological polar surface area (TPSA) is 63.0 Å². The van der Waals surface area contributed by atoms with Crippen molar-refractivity contribution in [2.75, 3.05) is 0 Å². The zero-order valence-electron chi connectivity index (χ0n) is 9.68. The Labute approximate surface area is 107 Å². The van der Waals surface area contributed by atoms with Crippen molar-refractivity contribution < 1.29 is 18.0 Å². The molecule has 0 radical (unpaired) electrons. The highest BCUT2D eigenvalue weighted by Gasteiger charge is 2.42. The molecule has 1 unspecified atom stereocenters. The van der Waals surface area contributed by atoms with E-state index in [1.54, 1.807) is 6.07 Å². The van der Waals surface area contributed by atoms with Gasteiger partial charge in [0.1, 0.15) is 12.2 Å². The molecule has 0 aliphatic carbocycles. The van der Waals surface area contributed by atoms with E-state index in [0.29, 0.717) is 6.29 Å². The summed E-state index contributed by atoms with van der Waals surface area (Å²) < 4.78 is 37.7. The third-order valence-corrected chi connectivity index (χ3v) is 2.45. The fraction of sp³-hybridized carbons (Fsp3) is 0.455. The second kappa shape index (κ2) is 5.53. The van der Waals surface area contributed by atoms with Gasteiger partial charge in [-0.3, -0.25) is 14.3 Å². The fourth-order valence-electron chi connectivity index (χ4n) is 1.43. The summed E-state index contributed by atoms with van der Waals surface area (Å²) in [6.07, 6.45) is -4.46. The van der Waals surface area contributed by atoms with E-state index in [0.717, 1.165) is 4.68 Å². The van der Waals surface area contributed by atoms with Gasteiger partial charge in [-0.15, -0.1) is 0 Å². The molecular weight excluding hydrogens is 261 g/mol. The molecule has 0 aliphatic rings. The van der Waals surface area contributed by atoms with Gasteiger partial charge < -0.3 is 0 Å². The Morgan fingerprint density at radius 3 is 2.63 bits per heavy atom. The quantitative estimate of drug-likeness (QED) is 0.608. The molecule has 1 heterocycles. The van der Waals surface area contributed by atoms with Crippen LogP contribution < -0.4 is 0 Å². The van der Waals surface area contributed by atoms with Crippen molar-refractivity contribution in [1.82, 2.24) is 9.78 Å². The molecule has 0 N–H and O–H groups in total. The van der Waals surface area contributed by atoms with E-state index in [-0.39, 0.29) is 12.2 Å². The second-order valence-corrected chi connectivity index (χ2v) is 3.93. The van der Waals surface area contributed by atoms with Crippen molar-refractivity contribution in [2.24, 2.45) is 0 Å². The molecule has 100 valence electrons. The number of hydrogen-bond donors (Lipinski definition) is 0. The fourth-order valence-corrected chi connectivity index (χ4v) is 1.43. The SMILES string of the molecule is [C-]#[N+]C(C#N)(CCC(F)(F)F)Cn1ccc(C=O)n1. The summed E-state index contributed by atoms with van der Waals surface area (Å²) in [6, 6.07) is 2.96. The Morgan fingerprint density at radius 1 is 1.53 bits per heavy atom. The van der Waals surface area contributed by atoms with Gasteiger partial charge in [0.15, 0.2) is 12.4 Å². The van der Waals surface area contributed by atoms with Gasteiger partial charge in [0.25, 0.3) is 0 Å². The number of nitriles is 1. The van der Waals surface area contributed by atoms with E-state index < -0.39 is 24.6 Å². The number of aldehydes is 1. The third-order valence-electron chi connectivity index (χ3n) is 2.45. The minimum Gasteiger partial charge on any atom is -0.296 e. The Balaban J connectivity index is 2.85. The number of rotatable bonds is 5. The summed E-state index contributed by atoms with van der Waals surface area (Å²) >= 11 is 0. The molecule has 0 spiro atoms. The lowest BCUT2D eigenvalue weighted by Crippen LogP contribution is -2.31. The number of nitrogens with zero attached hydrogens (tertiary/aromatic N) is 4. The molecule has 19 heavy (non-hydrogen) atoms. The lowest BCUT2D eigenvalue weighted by molar-refractivity contribution is -0.137. The first kappa shape index (κ1) is 14.7. The van der Waals surface area contributed by atoms with Crippen LogP contribution >= 0.6 is 0 Å². The summed E-state index contributed by atoms with van der Waals surface area (Å²) in [7, 11) is 0. The molecule has 0 fully saturated rings. The maximum atomic E-state index is 12.2. The summed E-state index contributed by atoms with van der Waals surface area (Å²) in [4.78, 5) is 13.4. The maximum Gasteiger partial charge on any atom is 0.389 e. The third kappa shape index (κ3) is 4.11. The Morgan fingerprint density at radius 2 is 2.21 bits per heavy atom. The molecule has 0 aliphatic heterocycles. The molecule has 5 nitrogen and oxygen atoms in total. The van der Waals surface area contributed by atoms with Crippen LogP contribution in [0.25, 0.3) is 4.85 Å². The molecule has 1 atom stereocenters. The van der Waals surface area contributed by atoms with Gasteiger partial charge in [-0.1, -0.05) is 0 Å². The van der Waals surface area contributed by atoms with Crippen molar-refractivity contribution >= 4 is 6.29 Å². The molecule has 1 aromatic rings. The first-order valence-electron chi connectivity index (χ1n) is 5.19. The van der Waals surface area contributed by atoms with Crippen molar-refractivity contribution in [3.05, 3.63) is 29.4 Å². The van der Waals surface area contributed by atoms with Gasteiger partial charge in [0, 0.05) is 6.20 Å². The summed E-state index contributed by atoms with van der Waals surface area (Å²) in [5, 5.41) is 12.7. The molecule has 0 amide bonds. The first-order valence-corrected chi connectivity index (χ1v) is 5.19. The number of aromatic nitrogens is 2. The summed E-state index contributed by atoms with van der Waals surface area (Å²) in [5.74, 6) is 0. The summed E-state index contributed by atoms with van der Waals surface area (Å²) in [5.41, 5.74) is -1.74. The van der Waals surface area contributed by atoms with Crippen molar-refractivity contribution in [1.29, 1.82) is 5.26 Å². The molecule has 1 aromatic heterocycles. The van der Waals surface area contributed by atoms with Crippen LogP contribution in [0, 0.1) is 17.9 Å². The maximum absolute atomic E-state index is 12.2. The normalized spacial score (nSPS) is 14.2. The van der Waals surface area contributed by atoms with E-state index in [1.807, 2.05) is 0 Å². The van der Waals surface area contributed by atoms with Gasteiger partial charge in [-0.25, -0.2) is 6.57 Å². The van der Waals surface area contributed by atoms with E-state index in [2.05, 4.69) is 9.94 Å². The van der Waals surface area contributed by atoms with E-state index in [1.165, 1.54) is 12.3 Å². The number of carbonyl (C=O) groups is 1. The van der Waals surface area contributed by atoms with Crippen molar-refractivity contribution in [2.45, 2.75) is 31.1 Å². The molecule has 0 saturated carbocycles. The number of hydrogen-bond acceptors (Lipinski definition) is 3. The predicted molar refractivity (Wildman–Crippen MR) is 57.8 cm³/mol. The minimum absolute atomic E-state index is 0.0904. The smallest absolute Gasteiger partial charge is 0.296 e. The van der Waals surface area contributed by atoms with Gasteiger partial charge in [-0.2, -0.15) is 23.5 Å². The Kier molecular flexibility index (Phi) is 4.28. The highest BCUT2D eigenvalue weighted by atomic mass is 19.4. The standard InChI is InChI=1S/C11H9F3N4O/c1-16-10(7-15,3-4-11(12,13)14)8-18-5-2-9(6-19)17-18/h2,5-6H,3-4,8H2. The lowest BCUT2D eigenvalue weighted by Gasteiger charge is -2.15. The predicted octanol–water partition coefficient (Wildman–Crippen LogP) is 2.22. The zero-order chi connectivity index (χ0) is 14.5. The molecule has 0 aromatic carbocycles. The number of alkyl halides is 3.